The maximum absolute atomic E-state index is 11.8. The van der Waals surface area contributed by atoms with E-state index in [1.54, 1.807) is 11.8 Å². The van der Waals surface area contributed by atoms with E-state index in [1.807, 2.05) is 31.9 Å². The van der Waals surface area contributed by atoms with Crippen molar-refractivity contribution >= 4 is 17.7 Å². The number of ether oxygens (including phenoxy) is 1. The lowest BCUT2D eigenvalue weighted by molar-refractivity contribution is -0.134. The van der Waals surface area contributed by atoms with E-state index in [0.717, 1.165) is 0 Å². The third-order valence-electron chi connectivity index (χ3n) is 2.37. The Morgan fingerprint density at radius 1 is 1.62 bits per heavy atom. The first-order valence-electron chi connectivity index (χ1n) is 4.41. The van der Waals surface area contributed by atoms with Gasteiger partial charge in [-0.25, -0.2) is 0 Å². The highest BCUT2D eigenvalue weighted by atomic mass is 32.2. The first kappa shape index (κ1) is 10.9. The quantitative estimate of drug-likeness (QED) is 0.678. The molecule has 1 aliphatic heterocycles. The molecule has 3 nitrogen and oxygen atoms in total. The minimum atomic E-state index is -0.138. The molecule has 0 radical (unpaired) electrons. The number of carbonyl (C=O) groups is 1. The van der Waals surface area contributed by atoms with Gasteiger partial charge in [0.25, 0.3) is 0 Å². The molecule has 1 amide bonds. The predicted molar refractivity (Wildman–Crippen MR) is 54.7 cm³/mol. The van der Waals surface area contributed by atoms with E-state index in [9.17, 15) is 4.79 Å². The Morgan fingerprint density at radius 3 is 2.62 bits per heavy atom. The summed E-state index contributed by atoms with van der Waals surface area (Å²) in [4.78, 5) is 13.6. The van der Waals surface area contributed by atoms with Gasteiger partial charge in [-0.1, -0.05) is 0 Å². The van der Waals surface area contributed by atoms with Crippen LogP contribution in [-0.4, -0.2) is 41.2 Å². The van der Waals surface area contributed by atoms with Crippen LogP contribution in [0.2, 0.25) is 0 Å². The van der Waals surface area contributed by atoms with E-state index < -0.39 is 0 Å². The Morgan fingerprint density at radius 2 is 2.23 bits per heavy atom. The monoisotopic (exact) mass is 203 g/mol. The van der Waals surface area contributed by atoms with E-state index in [0.29, 0.717) is 13.3 Å². The smallest absolute Gasteiger partial charge is 0.237 e. The first-order valence-corrected chi connectivity index (χ1v) is 5.70. The summed E-state index contributed by atoms with van der Waals surface area (Å²) in [6, 6.07) is 0. The molecule has 1 rings (SSSR count). The van der Waals surface area contributed by atoms with Gasteiger partial charge in [0.2, 0.25) is 5.91 Å². The fraction of sp³-hybridized carbons (Fsp3) is 0.889. The van der Waals surface area contributed by atoms with Crippen LogP contribution in [0.15, 0.2) is 0 Å². The molecule has 1 atom stereocenters. The number of carbonyl (C=O) groups excluding carboxylic acids is 1. The molecule has 0 aromatic rings. The molecule has 0 aromatic carbocycles. The van der Waals surface area contributed by atoms with Crippen LogP contribution in [0.5, 0.6) is 0 Å². The lowest BCUT2D eigenvalue weighted by atomic mass is 10.1. The van der Waals surface area contributed by atoms with E-state index >= 15 is 0 Å². The number of thioether (sulfide) groups is 1. The molecule has 1 heterocycles. The van der Waals surface area contributed by atoms with Crippen molar-refractivity contribution in [1.29, 1.82) is 0 Å². The molecular weight excluding hydrogens is 186 g/mol. The summed E-state index contributed by atoms with van der Waals surface area (Å²) in [6.45, 7) is 7.08. The van der Waals surface area contributed by atoms with Gasteiger partial charge in [-0.05, 0) is 27.0 Å². The number of rotatable bonds is 2. The lowest BCUT2D eigenvalue weighted by Crippen LogP contribution is -2.47. The molecular formula is C9H17NO2S. The summed E-state index contributed by atoms with van der Waals surface area (Å²) < 4.78 is 5.28. The molecule has 0 saturated carbocycles. The van der Waals surface area contributed by atoms with Crippen LogP contribution in [-0.2, 0) is 9.53 Å². The van der Waals surface area contributed by atoms with Gasteiger partial charge in [-0.2, -0.15) is 11.8 Å². The van der Waals surface area contributed by atoms with Crippen molar-refractivity contribution in [2.45, 2.75) is 31.6 Å². The van der Waals surface area contributed by atoms with Gasteiger partial charge >= 0.3 is 0 Å². The van der Waals surface area contributed by atoms with E-state index in [-0.39, 0.29) is 16.7 Å². The summed E-state index contributed by atoms with van der Waals surface area (Å²) in [5, 5.41) is 0.0287. The Labute approximate surface area is 83.8 Å². The van der Waals surface area contributed by atoms with Crippen molar-refractivity contribution in [3.8, 4) is 0 Å². The topological polar surface area (TPSA) is 29.5 Å². The van der Waals surface area contributed by atoms with Crippen LogP contribution in [0.4, 0.5) is 0 Å². The van der Waals surface area contributed by atoms with Crippen molar-refractivity contribution in [1.82, 2.24) is 4.90 Å². The zero-order valence-corrected chi connectivity index (χ0v) is 9.48. The van der Waals surface area contributed by atoms with E-state index in [4.69, 9.17) is 4.74 Å². The van der Waals surface area contributed by atoms with Crippen LogP contribution >= 0.6 is 11.8 Å². The molecule has 0 aliphatic carbocycles. The van der Waals surface area contributed by atoms with Gasteiger partial charge in [-0.15, -0.1) is 0 Å². The Hall–Kier alpha value is -0.220. The number of amides is 1. The molecule has 4 heteroatoms. The fourth-order valence-electron chi connectivity index (χ4n) is 1.32. The molecule has 1 fully saturated rings. The maximum atomic E-state index is 11.8. The van der Waals surface area contributed by atoms with Crippen LogP contribution < -0.4 is 0 Å². The first-order chi connectivity index (χ1) is 5.99. The van der Waals surface area contributed by atoms with Gasteiger partial charge in [0, 0.05) is 0 Å². The van der Waals surface area contributed by atoms with Gasteiger partial charge in [0.05, 0.1) is 17.4 Å². The average Bonchev–Trinajstić information content (AvgIpc) is 2.42. The standard InChI is InChI=1S/C9H17NO2S/c1-7(13-4)8(11)10-6-12-5-9(10,2)3/h7H,5-6H2,1-4H3. The van der Waals surface area contributed by atoms with Crippen molar-refractivity contribution in [2.24, 2.45) is 0 Å². The summed E-state index contributed by atoms with van der Waals surface area (Å²) in [6.07, 6.45) is 1.95. The third kappa shape index (κ3) is 2.17. The molecule has 0 aromatic heterocycles. The Kier molecular flexibility index (Phi) is 3.24. The summed E-state index contributed by atoms with van der Waals surface area (Å²) in [7, 11) is 0. The zero-order chi connectivity index (χ0) is 10.1. The van der Waals surface area contributed by atoms with E-state index in [2.05, 4.69) is 0 Å². The highest BCUT2D eigenvalue weighted by Gasteiger charge is 2.37. The second-order valence-corrected chi connectivity index (χ2v) is 5.11. The fourth-order valence-corrected chi connectivity index (χ4v) is 1.65. The zero-order valence-electron chi connectivity index (χ0n) is 8.66. The van der Waals surface area contributed by atoms with Crippen LogP contribution in [0.25, 0.3) is 0 Å². The van der Waals surface area contributed by atoms with Gasteiger partial charge < -0.3 is 9.64 Å². The summed E-state index contributed by atoms with van der Waals surface area (Å²) in [5.74, 6) is 0.176. The molecule has 1 aliphatic rings. The molecule has 76 valence electrons. The number of nitrogens with zero attached hydrogens (tertiary/aromatic N) is 1. The molecule has 0 spiro atoms. The minimum Gasteiger partial charge on any atom is -0.359 e. The Bertz CT molecular complexity index is 206. The molecule has 1 saturated heterocycles. The molecule has 13 heavy (non-hydrogen) atoms. The molecule has 0 N–H and O–H groups in total. The second kappa shape index (κ2) is 3.88. The average molecular weight is 203 g/mol. The highest BCUT2D eigenvalue weighted by molar-refractivity contribution is 7.99. The minimum absolute atomic E-state index is 0.0287. The Balaban J connectivity index is 2.66. The highest BCUT2D eigenvalue weighted by Crippen LogP contribution is 2.24. The number of hydrogen-bond acceptors (Lipinski definition) is 3. The van der Waals surface area contributed by atoms with Crippen molar-refractivity contribution in [2.75, 3.05) is 19.6 Å². The SMILES string of the molecule is CSC(C)C(=O)N1COCC1(C)C. The van der Waals surface area contributed by atoms with Crippen LogP contribution in [0.1, 0.15) is 20.8 Å². The second-order valence-electron chi connectivity index (χ2n) is 3.93. The normalized spacial score (nSPS) is 23.2. The molecule has 0 bridgehead atoms. The lowest BCUT2D eigenvalue weighted by Gasteiger charge is -2.30. The van der Waals surface area contributed by atoms with Crippen molar-refractivity contribution in [3.05, 3.63) is 0 Å². The largest absolute Gasteiger partial charge is 0.359 e. The van der Waals surface area contributed by atoms with Crippen LogP contribution in [0.3, 0.4) is 0 Å². The number of hydrogen-bond donors (Lipinski definition) is 0. The van der Waals surface area contributed by atoms with Crippen molar-refractivity contribution < 1.29 is 9.53 Å². The molecule has 1 unspecified atom stereocenters. The third-order valence-corrected chi connectivity index (χ3v) is 3.28. The van der Waals surface area contributed by atoms with Crippen LogP contribution in [0, 0.1) is 0 Å². The van der Waals surface area contributed by atoms with Crippen molar-refractivity contribution in [3.63, 3.8) is 0 Å². The summed E-state index contributed by atoms with van der Waals surface area (Å²) >= 11 is 1.57. The summed E-state index contributed by atoms with van der Waals surface area (Å²) in [5.41, 5.74) is -0.138. The van der Waals surface area contributed by atoms with E-state index in [1.165, 1.54) is 0 Å². The maximum Gasteiger partial charge on any atom is 0.237 e. The van der Waals surface area contributed by atoms with Gasteiger partial charge in [0.1, 0.15) is 6.73 Å². The van der Waals surface area contributed by atoms with Gasteiger partial charge in [0.15, 0.2) is 0 Å². The predicted octanol–water partition coefficient (Wildman–Crippen LogP) is 1.33. The van der Waals surface area contributed by atoms with Gasteiger partial charge in [-0.3, -0.25) is 4.79 Å².